The largest absolute Gasteiger partial charge is 0.337 e. The van der Waals surface area contributed by atoms with Gasteiger partial charge in [-0.25, -0.2) is 13.6 Å². The quantitative estimate of drug-likeness (QED) is 0.759. The van der Waals surface area contributed by atoms with Crippen LogP contribution in [0.15, 0.2) is 56.3 Å². The second-order valence-corrected chi connectivity index (χ2v) is 8.31. The van der Waals surface area contributed by atoms with Crippen LogP contribution in [0.4, 0.5) is 0 Å². The summed E-state index contributed by atoms with van der Waals surface area (Å²) in [6.07, 6.45) is 0. The van der Waals surface area contributed by atoms with Gasteiger partial charge in [0.2, 0.25) is 10.0 Å². The monoisotopic (exact) mass is 460 g/mol. The van der Waals surface area contributed by atoms with E-state index in [2.05, 4.69) is 31.9 Å². The summed E-state index contributed by atoms with van der Waals surface area (Å²) in [6.45, 7) is 0.401. The lowest BCUT2D eigenvalue weighted by molar-refractivity contribution is 0.0784. The normalized spacial score (nSPS) is 11.3. The molecular weight excluding hydrogens is 448 g/mol. The van der Waals surface area contributed by atoms with E-state index in [1.165, 1.54) is 23.1 Å². The van der Waals surface area contributed by atoms with Crippen LogP contribution in [0.1, 0.15) is 15.9 Å². The fourth-order valence-corrected chi connectivity index (χ4v) is 3.21. The summed E-state index contributed by atoms with van der Waals surface area (Å²) < 4.78 is 24.4. The van der Waals surface area contributed by atoms with E-state index < -0.39 is 10.0 Å². The van der Waals surface area contributed by atoms with Crippen molar-refractivity contribution in [2.75, 3.05) is 7.05 Å². The molecule has 2 N–H and O–H groups in total. The van der Waals surface area contributed by atoms with E-state index in [-0.39, 0.29) is 16.4 Å². The second-order valence-electron chi connectivity index (χ2n) is 4.97. The Morgan fingerprint density at radius 3 is 2.30 bits per heavy atom. The molecule has 0 aromatic heterocycles. The maximum absolute atomic E-state index is 12.6. The molecule has 2 aromatic carbocycles. The Balaban J connectivity index is 2.27. The van der Waals surface area contributed by atoms with Crippen LogP contribution < -0.4 is 5.14 Å². The first-order chi connectivity index (χ1) is 10.7. The van der Waals surface area contributed by atoms with Crippen LogP contribution in [0.25, 0.3) is 0 Å². The highest BCUT2D eigenvalue weighted by Crippen LogP contribution is 2.22. The lowest BCUT2D eigenvalue weighted by Gasteiger charge is -2.18. The highest BCUT2D eigenvalue weighted by molar-refractivity contribution is 9.10. The van der Waals surface area contributed by atoms with Crippen LogP contribution in [-0.2, 0) is 16.6 Å². The van der Waals surface area contributed by atoms with Crippen molar-refractivity contribution in [3.63, 3.8) is 0 Å². The number of carbonyl (C=O) groups excluding carboxylic acids is 1. The number of benzene rings is 2. The van der Waals surface area contributed by atoms with Gasteiger partial charge in [-0.3, -0.25) is 4.79 Å². The molecule has 23 heavy (non-hydrogen) atoms. The van der Waals surface area contributed by atoms with E-state index in [4.69, 9.17) is 5.14 Å². The smallest absolute Gasteiger partial charge is 0.255 e. The summed E-state index contributed by atoms with van der Waals surface area (Å²) in [7, 11) is -2.21. The molecule has 0 unspecified atom stereocenters. The van der Waals surface area contributed by atoms with Crippen molar-refractivity contribution in [3.8, 4) is 0 Å². The number of sulfonamides is 1. The molecule has 122 valence electrons. The molecule has 0 atom stereocenters. The van der Waals surface area contributed by atoms with Gasteiger partial charge in [0.15, 0.2) is 0 Å². The highest BCUT2D eigenvalue weighted by atomic mass is 79.9. The maximum Gasteiger partial charge on any atom is 0.255 e. The lowest BCUT2D eigenvalue weighted by atomic mass is 10.1. The Labute approximate surface area is 151 Å². The SMILES string of the molecule is CN(Cc1ccc(Br)cc1)C(=O)c1cc(S(N)(=O)=O)ccc1Br. The molecule has 0 fully saturated rings. The number of primary sulfonamides is 1. The molecule has 0 radical (unpaired) electrons. The van der Waals surface area contributed by atoms with E-state index >= 15 is 0 Å². The van der Waals surface area contributed by atoms with Crippen molar-refractivity contribution < 1.29 is 13.2 Å². The summed E-state index contributed by atoms with van der Waals surface area (Å²) in [5.74, 6) is -0.301. The summed E-state index contributed by atoms with van der Waals surface area (Å²) in [6, 6.07) is 11.7. The standard InChI is InChI=1S/C15H14Br2N2O3S/c1-19(9-10-2-4-11(16)5-3-10)15(20)13-8-12(23(18,21)22)6-7-14(13)17/h2-8H,9H2,1H3,(H2,18,21,22). The highest BCUT2D eigenvalue weighted by Gasteiger charge is 2.18. The van der Waals surface area contributed by atoms with Gasteiger partial charge in [0.05, 0.1) is 10.5 Å². The predicted octanol–water partition coefficient (Wildman–Crippen LogP) is 3.13. The first-order valence-electron chi connectivity index (χ1n) is 6.51. The van der Waals surface area contributed by atoms with Crippen LogP contribution >= 0.6 is 31.9 Å². The van der Waals surface area contributed by atoms with Gasteiger partial charge in [-0.2, -0.15) is 0 Å². The van der Waals surface area contributed by atoms with Gasteiger partial charge in [-0.05, 0) is 51.8 Å². The number of carbonyl (C=O) groups is 1. The molecule has 0 bridgehead atoms. The third kappa shape index (κ3) is 4.63. The van der Waals surface area contributed by atoms with Gasteiger partial charge in [-0.15, -0.1) is 0 Å². The van der Waals surface area contributed by atoms with Crippen LogP contribution in [0.3, 0.4) is 0 Å². The maximum atomic E-state index is 12.6. The van der Waals surface area contributed by atoms with E-state index in [1.54, 1.807) is 7.05 Å². The number of hydrogen-bond acceptors (Lipinski definition) is 3. The molecule has 0 spiro atoms. The van der Waals surface area contributed by atoms with Crippen molar-refractivity contribution in [1.82, 2.24) is 4.90 Å². The third-order valence-electron chi connectivity index (χ3n) is 3.18. The first kappa shape index (κ1) is 18.1. The number of nitrogens with two attached hydrogens (primary N) is 1. The number of rotatable bonds is 4. The Bertz CT molecular complexity index is 836. The zero-order valence-corrected chi connectivity index (χ0v) is 16.2. The van der Waals surface area contributed by atoms with Gasteiger partial charge >= 0.3 is 0 Å². The first-order valence-corrected chi connectivity index (χ1v) is 9.64. The van der Waals surface area contributed by atoms with Crippen molar-refractivity contribution in [2.45, 2.75) is 11.4 Å². The molecule has 0 saturated heterocycles. The average Bonchev–Trinajstić information content (AvgIpc) is 2.48. The molecular formula is C15H14Br2N2O3S. The van der Waals surface area contributed by atoms with E-state index in [0.717, 1.165) is 10.0 Å². The summed E-state index contributed by atoms with van der Waals surface area (Å²) in [5.41, 5.74) is 1.21. The van der Waals surface area contributed by atoms with Crippen molar-refractivity contribution in [1.29, 1.82) is 0 Å². The topological polar surface area (TPSA) is 80.5 Å². The number of nitrogens with zero attached hydrogens (tertiary/aromatic N) is 1. The van der Waals surface area contributed by atoms with E-state index in [1.807, 2.05) is 24.3 Å². The molecule has 5 nitrogen and oxygen atoms in total. The van der Waals surface area contributed by atoms with E-state index in [0.29, 0.717) is 11.0 Å². The van der Waals surface area contributed by atoms with Crippen molar-refractivity contribution in [2.24, 2.45) is 5.14 Å². The van der Waals surface area contributed by atoms with Crippen molar-refractivity contribution in [3.05, 3.63) is 62.5 Å². The zero-order valence-electron chi connectivity index (χ0n) is 12.2. The fourth-order valence-electron chi connectivity index (χ4n) is 1.99. The van der Waals surface area contributed by atoms with Crippen LogP contribution in [0.2, 0.25) is 0 Å². The molecule has 1 amide bonds. The molecule has 0 aliphatic carbocycles. The number of amides is 1. The minimum atomic E-state index is -3.86. The van der Waals surface area contributed by atoms with Gasteiger partial charge in [-0.1, -0.05) is 28.1 Å². The van der Waals surface area contributed by atoms with Crippen LogP contribution in [-0.4, -0.2) is 26.3 Å². The molecule has 0 saturated carbocycles. The molecule has 0 heterocycles. The summed E-state index contributed by atoms with van der Waals surface area (Å²) >= 11 is 6.63. The minimum Gasteiger partial charge on any atom is -0.337 e. The third-order valence-corrected chi connectivity index (χ3v) is 5.31. The molecule has 8 heteroatoms. The second kappa shape index (κ2) is 7.12. The Morgan fingerprint density at radius 1 is 1.13 bits per heavy atom. The number of hydrogen-bond donors (Lipinski definition) is 1. The molecule has 0 aliphatic rings. The predicted molar refractivity (Wildman–Crippen MR) is 95.5 cm³/mol. The molecule has 0 aliphatic heterocycles. The minimum absolute atomic E-state index is 0.0962. The van der Waals surface area contributed by atoms with Crippen molar-refractivity contribution >= 4 is 47.8 Å². The van der Waals surface area contributed by atoms with Gasteiger partial charge in [0.25, 0.3) is 5.91 Å². The Morgan fingerprint density at radius 2 is 1.74 bits per heavy atom. The Hall–Kier alpha value is -1.22. The van der Waals surface area contributed by atoms with Crippen LogP contribution in [0, 0.1) is 0 Å². The Kier molecular flexibility index (Phi) is 5.61. The van der Waals surface area contributed by atoms with Gasteiger partial charge in [0.1, 0.15) is 0 Å². The summed E-state index contributed by atoms with van der Waals surface area (Å²) in [4.78, 5) is 14.0. The molecule has 2 aromatic rings. The zero-order chi connectivity index (χ0) is 17.2. The fraction of sp³-hybridized carbons (Fsp3) is 0.133. The van der Waals surface area contributed by atoms with Crippen LogP contribution in [0.5, 0.6) is 0 Å². The molecule has 2 rings (SSSR count). The van der Waals surface area contributed by atoms with E-state index in [9.17, 15) is 13.2 Å². The average molecular weight is 462 g/mol. The number of halogens is 2. The van der Waals surface area contributed by atoms with Gasteiger partial charge < -0.3 is 4.90 Å². The lowest BCUT2D eigenvalue weighted by Crippen LogP contribution is -2.27. The van der Waals surface area contributed by atoms with Gasteiger partial charge in [0, 0.05) is 22.5 Å². The summed E-state index contributed by atoms with van der Waals surface area (Å²) in [5, 5.41) is 5.12.